The van der Waals surface area contributed by atoms with Crippen molar-refractivity contribution >= 4 is 0 Å². The minimum absolute atomic E-state index is 0.0203. The third-order valence-corrected chi connectivity index (χ3v) is 3.33. The maximum atomic E-state index is 10.2. The molecule has 0 unspecified atom stereocenters. The van der Waals surface area contributed by atoms with Crippen molar-refractivity contribution in [2.24, 2.45) is 5.92 Å². The number of hydrogen-bond donors (Lipinski definition) is 3. The van der Waals surface area contributed by atoms with Crippen molar-refractivity contribution in [1.29, 1.82) is 0 Å². The van der Waals surface area contributed by atoms with Gasteiger partial charge in [0.25, 0.3) is 0 Å². The first-order valence-corrected chi connectivity index (χ1v) is 7.65. The Kier molecular flexibility index (Phi) is 8.56. The van der Waals surface area contributed by atoms with Crippen LogP contribution < -0.4 is 4.74 Å². The normalized spacial score (nSPS) is 11.9. The van der Waals surface area contributed by atoms with E-state index in [0.717, 1.165) is 11.1 Å². The highest BCUT2D eigenvalue weighted by molar-refractivity contribution is 5.28. The summed E-state index contributed by atoms with van der Waals surface area (Å²) in [7, 11) is 0. The number of benzene rings is 1. The van der Waals surface area contributed by atoms with E-state index in [1.165, 1.54) is 0 Å². The van der Waals surface area contributed by atoms with Gasteiger partial charge in [0.05, 0.1) is 12.7 Å². The summed E-state index contributed by atoms with van der Waals surface area (Å²) in [6.07, 6.45) is 2.31. The summed E-state index contributed by atoms with van der Waals surface area (Å²) in [5.41, 5.74) is 5.05. The van der Waals surface area contributed by atoms with E-state index in [4.69, 9.17) is 14.9 Å². The fourth-order valence-corrected chi connectivity index (χ4v) is 2.04. The molecule has 0 aliphatic rings. The van der Waals surface area contributed by atoms with E-state index in [1.54, 1.807) is 12.1 Å². The largest absolute Gasteiger partial charge is 0.491 e. The highest BCUT2D eigenvalue weighted by atomic mass is 16.5. The van der Waals surface area contributed by atoms with Crippen molar-refractivity contribution in [2.45, 2.75) is 32.8 Å². The summed E-state index contributed by atoms with van der Waals surface area (Å²) < 4.78 is 5.28. The van der Waals surface area contributed by atoms with Gasteiger partial charge in [-0.15, -0.1) is 5.73 Å². The molecule has 3 N–H and O–H groups in total. The molecule has 0 bridgehead atoms. The quantitative estimate of drug-likeness (QED) is 0.613. The lowest BCUT2D eigenvalue weighted by molar-refractivity contribution is 0.181. The zero-order valence-corrected chi connectivity index (χ0v) is 13.3. The second-order valence-corrected chi connectivity index (χ2v) is 5.39. The summed E-state index contributed by atoms with van der Waals surface area (Å²) in [6, 6.07) is 7.18. The Morgan fingerprint density at radius 2 is 1.86 bits per heavy atom. The Morgan fingerprint density at radius 1 is 1.18 bits per heavy atom. The zero-order valence-electron chi connectivity index (χ0n) is 13.3. The van der Waals surface area contributed by atoms with Crippen molar-refractivity contribution in [3.8, 4) is 5.75 Å². The molecule has 1 atom stereocenters. The van der Waals surface area contributed by atoms with Crippen molar-refractivity contribution < 1.29 is 20.1 Å². The van der Waals surface area contributed by atoms with Crippen LogP contribution in [0, 0.1) is 5.92 Å². The minimum Gasteiger partial charge on any atom is -0.491 e. The first-order chi connectivity index (χ1) is 10.6. The topological polar surface area (TPSA) is 69.9 Å². The third-order valence-electron chi connectivity index (χ3n) is 3.33. The van der Waals surface area contributed by atoms with Crippen LogP contribution in [0.1, 0.15) is 38.4 Å². The number of rotatable bonds is 9. The number of aliphatic hydroxyl groups excluding tert-OH is 3. The Hall–Kier alpha value is -1.58. The Bertz CT molecular complexity index is 484. The van der Waals surface area contributed by atoms with E-state index >= 15 is 0 Å². The molecule has 122 valence electrons. The number of ether oxygens (including phenoxy) is 1. The summed E-state index contributed by atoms with van der Waals surface area (Å²) in [5, 5.41) is 27.9. The second-order valence-electron chi connectivity index (χ2n) is 5.39. The van der Waals surface area contributed by atoms with Gasteiger partial charge >= 0.3 is 0 Å². The minimum atomic E-state index is -0.595. The highest BCUT2D eigenvalue weighted by Crippen LogP contribution is 2.21. The van der Waals surface area contributed by atoms with Crippen LogP contribution in [0.3, 0.4) is 0 Å². The molecule has 1 aromatic carbocycles. The molecule has 0 spiro atoms. The van der Waals surface area contributed by atoms with E-state index in [0.29, 0.717) is 24.5 Å². The van der Waals surface area contributed by atoms with E-state index in [1.807, 2.05) is 18.2 Å². The first kappa shape index (κ1) is 18.5. The fraction of sp³-hybridized carbons (Fsp3) is 0.500. The molecule has 0 fully saturated rings. The van der Waals surface area contributed by atoms with Gasteiger partial charge in [0.1, 0.15) is 12.4 Å². The lowest BCUT2D eigenvalue weighted by atomic mass is 10.0. The molecule has 1 aromatic rings. The highest BCUT2D eigenvalue weighted by Gasteiger charge is 2.06. The van der Waals surface area contributed by atoms with E-state index in [-0.39, 0.29) is 19.8 Å². The van der Waals surface area contributed by atoms with Crippen LogP contribution in [0.15, 0.2) is 41.6 Å². The molecule has 1 rings (SSSR count). The average molecular weight is 306 g/mol. The van der Waals surface area contributed by atoms with Gasteiger partial charge in [-0.05, 0) is 41.7 Å². The van der Waals surface area contributed by atoms with Crippen molar-refractivity contribution in [3.63, 3.8) is 0 Å². The van der Waals surface area contributed by atoms with Gasteiger partial charge in [-0.25, -0.2) is 0 Å². The van der Waals surface area contributed by atoms with Gasteiger partial charge in [-0.3, -0.25) is 0 Å². The smallest absolute Gasteiger partial charge is 0.119 e. The van der Waals surface area contributed by atoms with Crippen molar-refractivity contribution in [3.05, 3.63) is 47.2 Å². The predicted molar refractivity (Wildman–Crippen MR) is 86.7 cm³/mol. The van der Waals surface area contributed by atoms with Crippen LogP contribution in [0.4, 0.5) is 0 Å². The molecule has 0 aliphatic heterocycles. The Balaban J connectivity index is 2.64. The van der Waals surface area contributed by atoms with Gasteiger partial charge in [0.2, 0.25) is 0 Å². The van der Waals surface area contributed by atoms with Crippen LogP contribution in [0.5, 0.6) is 5.75 Å². The maximum Gasteiger partial charge on any atom is 0.119 e. The van der Waals surface area contributed by atoms with Gasteiger partial charge in [-0.1, -0.05) is 26.0 Å². The van der Waals surface area contributed by atoms with Gasteiger partial charge in [-0.2, -0.15) is 0 Å². The van der Waals surface area contributed by atoms with E-state index < -0.39 is 6.10 Å². The summed E-state index contributed by atoms with van der Waals surface area (Å²) in [4.78, 5) is 0. The van der Waals surface area contributed by atoms with Crippen molar-refractivity contribution in [1.82, 2.24) is 0 Å². The zero-order chi connectivity index (χ0) is 16.4. The Morgan fingerprint density at radius 3 is 2.41 bits per heavy atom. The second kappa shape index (κ2) is 10.2. The molecule has 0 heterocycles. The fourth-order valence-electron chi connectivity index (χ4n) is 2.04. The first-order valence-electron chi connectivity index (χ1n) is 7.65. The van der Waals surface area contributed by atoms with Crippen LogP contribution in [0.2, 0.25) is 0 Å². The van der Waals surface area contributed by atoms with Crippen LogP contribution in [-0.2, 0) is 0 Å². The lowest BCUT2D eigenvalue weighted by Gasteiger charge is -2.10. The molecule has 0 aromatic heterocycles. The van der Waals surface area contributed by atoms with Gasteiger partial charge < -0.3 is 20.1 Å². The summed E-state index contributed by atoms with van der Waals surface area (Å²) in [6.45, 7) is 4.48. The van der Waals surface area contributed by atoms with E-state index in [2.05, 4.69) is 19.6 Å². The third kappa shape index (κ3) is 6.46. The molecule has 0 amide bonds. The predicted octanol–water partition coefficient (Wildman–Crippen LogP) is 2.60. The van der Waals surface area contributed by atoms with E-state index in [9.17, 15) is 5.11 Å². The summed E-state index contributed by atoms with van der Waals surface area (Å²) in [5.74, 6) is 1.01. The monoisotopic (exact) mass is 306 g/mol. The SMILES string of the molecule is CC(C)C(=C=CC[C@@H](O)c1ccc(OCCO)cc1)CCO. The number of hydrogen-bond acceptors (Lipinski definition) is 4. The molecule has 0 aliphatic carbocycles. The Labute approximate surface area is 132 Å². The molecule has 4 heteroatoms. The van der Waals surface area contributed by atoms with Crippen molar-refractivity contribution in [2.75, 3.05) is 19.8 Å². The van der Waals surface area contributed by atoms with Crippen LogP contribution in [-0.4, -0.2) is 35.1 Å². The molecule has 0 radical (unpaired) electrons. The molecule has 22 heavy (non-hydrogen) atoms. The summed E-state index contributed by atoms with van der Waals surface area (Å²) >= 11 is 0. The molecular formula is C18H26O4. The number of aliphatic hydroxyl groups is 3. The molecule has 0 saturated carbocycles. The van der Waals surface area contributed by atoms with Crippen LogP contribution >= 0.6 is 0 Å². The van der Waals surface area contributed by atoms with Gasteiger partial charge in [0, 0.05) is 13.0 Å². The maximum absolute atomic E-state index is 10.2. The van der Waals surface area contributed by atoms with Gasteiger partial charge in [0.15, 0.2) is 0 Å². The molecule has 4 nitrogen and oxygen atoms in total. The standard InChI is InChI=1S/C18H26O4/c1-14(2)15(10-11-19)4-3-5-18(21)16-6-8-17(9-7-16)22-13-12-20/h3,6-9,14,18-21H,5,10-13H2,1-2H3/t4?,18-/m1/s1. The molecular weight excluding hydrogens is 280 g/mol. The lowest BCUT2D eigenvalue weighted by Crippen LogP contribution is -2.02. The average Bonchev–Trinajstić information content (AvgIpc) is 2.52. The molecule has 0 saturated heterocycles. The van der Waals surface area contributed by atoms with Crippen LogP contribution in [0.25, 0.3) is 0 Å².